The van der Waals surface area contributed by atoms with Crippen LogP contribution in [-0.4, -0.2) is 29.6 Å². The third-order valence-corrected chi connectivity index (χ3v) is 4.59. The summed E-state index contributed by atoms with van der Waals surface area (Å²) < 4.78 is 5.54. The minimum absolute atomic E-state index is 0.359. The fourth-order valence-corrected chi connectivity index (χ4v) is 3.23. The maximum atomic E-state index is 5.54. The highest BCUT2D eigenvalue weighted by molar-refractivity contribution is 5.64. The second kappa shape index (κ2) is 5.91. The van der Waals surface area contributed by atoms with Crippen LogP contribution >= 0.6 is 0 Å². The smallest absolute Gasteiger partial charge is 0.125 e. The molecule has 23 heavy (non-hydrogen) atoms. The molecule has 0 radical (unpaired) electrons. The van der Waals surface area contributed by atoms with E-state index in [4.69, 9.17) is 4.74 Å². The van der Waals surface area contributed by atoms with E-state index in [2.05, 4.69) is 45.6 Å². The average molecular weight is 308 g/mol. The Morgan fingerprint density at radius 3 is 3.26 bits per heavy atom. The molecular formula is C18H20N4O. The van der Waals surface area contributed by atoms with Crippen LogP contribution in [-0.2, 0) is 12.8 Å². The van der Waals surface area contributed by atoms with Crippen LogP contribution in [0.5, 0.6) is 5.75 Å². The maximum absolute atomic E-state index is 5.54. The summed E-state index contributed by atoms with van der Waals surface area (Å²) in [5, 5.41) is 10.3. The van der Waals surface area contributed by atoms with Crippen molar-refractivity contribution in [3.8, 4) is 5.75 Å². The van der Waals surface area contributed by atoms with Crippen LogP contribution in [0.4, 0.5) is 0 Å². The van der Waals surface area contributed by atoms with Gasteiger partial charge in [0.2, 0.25) is 0 Å². The molecule has 4 rings (SSSR count). The highest BCUT2D eigenvalue weighted by atomic mass is 16.5. The zero-order chi connectivity index (χ0) is 15.6. The van der Waals surface area contributed by atoms with Crippen molar-refractivity contribution in [2.75, 3.05) is 13.2 Å². The number of nitrogens with one attached hydrogen (secondary N) is 2. The lowest BCUT2D eigenvalue weighted by molar-refractivity contribution is 0.357. The topological polar surface area (TPSA) is 62.3 Å². The molecule has 5 nitrogen and oxygen atoms in total. The molecule has 0 fully saturated rings. The van der Waals surface area contributed by atoms with Crippen molar-refractivity contribution in [2.45, 2.75) is 25.7 Å². The molecule has 0 spiro atoms. The lowest BCUT2D eigenvalue weighted by atomic mass is 9.97. The molecule has 2 aromatic rings. The summed E-state index contributed by atoms with van der Waals surface area (Å²) in [6, 6.07) is 6.42. The predicted molar refractivity (Wildman–Crippen MR) is 89.9 cm³/mol. The third-order valence-electron chi connectivity index (χ3n) is 4.59. The monoisotopic (exact) mass is 308 g/mol. The fraction of sp³-hybridized carbons (Fsp3) is 0.333. The first-order valence-electron chi connectivity index (χ1n) is 8.01. The van der Waals surface area contributed by atoms with Crippen LogP contribution in [0, 0.1) is 0 Å². The van der Waals surface area contributed by atoms with E-state index in [1.165, 1.54) is 22.3 Å². The van der Waals surface area contributed by atoms with Gasteiger partial charge < -0.3 is 10.1 Å². The van der Waals surface area contributed by atoms with Crippen molar-refractivity contribution in [3.63, 3.8) is 0 Å². The van der Waals surface area contributed by atoms with Crippen molar-refractivity contribution < 1.29 is 4.74 Å². The molecule has 0 aliphatic carbocycles. The van der Waals surface area contributed by atoms with Crippen molar-refractivity contribution in [1.82, 2.24) is 15.5 Å². The molecule has 2 aliphatic rings. The molecule has 118 valence electrons. The summed E-state index contributed by atoms with van der Waals surface area (Å²) in [5.74, 6) is 2.38. The molecule has 3 heterocycles. The number of ether oxygens (including phenoxy) is 1. The van der Waals surface area contributed by atoms with Gasteiger partial charge in [0.15, 0.2) is 0 Å². The van der Waals surface area contributed by atoms with Gasteiger partial charge in [-0.05, 0) is 35.3 Å². The Kier molecular flexibility index (Phi) is 3.61. The van der Waals surface area contributed by atoms with E-state index in [1.54, 1.807) is 0 Å². The first kappa shape index (κ1) is 14.1. The quantitative estimate of drug-likeness (QED) is 0.853. The van der Waals surface area contributed by atoms with Crippen LogP contribution in [0.2, 0.25) is 0 Å². The fourth-order valence-electron chi connectivity index (χ4n) is 3.23. The summed E-state index contributed by atoms with van der Waals surface area (Å²) in [6.45, 7) is 3.82. The number of hydrogen-bond donors (Lipinski definition) is 2. The van der Waals surface area contributed by atoms with E-state index >= 15 is 0 Å². The number of fused-ring (bicyclic) bond motifs is 1. The number of aromatic nitrogens is 2. The zero-order valence-electron chi connectivity index (χ0n) is 13.2. The minimum Gasteiger partial charge on any atom is -0.493 e. The SMILES string of the molecule is CC1=C(N=CCc2ccc3c(c2)CCO3)NCC1c1cn[nH]c1. The van der Waals surface area contributed by atoms with E-state index in [-0.39, 0.29) is 0 Å². The number of H-pyrrole nitrogens is 1. The molecule has 0 saturated carbocycles. The van der Waals surface area contributed by atoms with E-state index in [1.807, 2.05) is 18.6 Å². The molecule has 0 saturated heterocycles. The van der Waals surface area contributed by atoms with Crippen molar-refractivity contribution in [3.05, 3.63) is 58.7 Å². The van der Waals surface area contributed by atoms with Gasteiger partial charge in [0.05, 0.1) is 12.8 Å². The Morgan fingerprint density at radius 2 is 2.39 bits per heavy atom. The Hall–Kier alpha value is -2.56. The maximum Gasteiger partial charge on any atom is 0.125 e. The lowest BCUT2D eigenvalue weighted by Crippen LogP contribution is -2.10. The largest absolute Gasteiger partial charge is 0.493 e. The zero-order valence-corrected chi connectivity index (χ0v) is 13.2. The number of rotatable bonds is 4. The molecule has 1 unspecified atom stereocenters. The summed E-state index contributed by atoms with van der Waals surface area (Å²) >= 11 is 0. The highest BCUT2D eigenvalue weighted by Gasteiger charge is 2.23. The molecule has 1 aromatic carbocycles. The third kappa shape index (κ3) is 2.74. The Morgan fingerprint density at radius 1 is 1.43 bits per heavy atom. The van der Waals surface area contributed by atoms with Gasteiger partial charge in [-0.3, -0.25) is 5.10 Å². The van der Waals surface area contributed by atoms with Gasteiger partial charge >= 0.3 is 0 Å². The molecule has 5 heteroatoms. The van der Waals surface area contributed by atoms with Crippen LogP contribution < -0.4 is 10.1 Å². The molecule has 1 atom stereocenters. The van der Waals surface area contributed by atoms with Gasteiger partial charge in [-0.15, -0.1) is 0 Å². The van der Waals surface area contributed by atoms with E-state index < -0.39 is 0 Å². The van der Waals surface area contributed by atoms with E-state index in [0.29, 0.717) is 5.92 Å². The first-order chi connectivity index (χ1) is 11.3. The second-order valence-corrected chi connectivity index (χ2v) is 6.05. The van der Waals surface area contributed by atoms with Gasteiger partial charge in [0.1, 0.15) is 11.6 Å². The Balaban J connectivity index is 1.44. The molecule has 0 bridgehead atoms. The summed E-state index contributed by atoms with van der Waals surface area (Å²) in [7, 11) is 0. The van der Waals surface area contributed by atoms with Crippen LogP contribution in [0.25, 0.3) is 0 Å². The standard InChI is InChI=1S/C18H20N4O/c1-12-16(15-9-21-22-10-15)11-20-18(12)19-6-4-13-2-3-17-14(8-13)5-7-23-17/h2-3,6,8-10,16,20H,4-5,7,11H2,1H3,(H,21,22). The van der Waals surface area contributed by atoms with Gasteiger partial charge in [-0.2, -0.15) is 5.10 Å². The van der Waals surface area contributed by atoms with E-state index in [9.17, 15) is 0 Å². The minimum atomic E-state index is 0.359. The predicted octanol–water partition coefficient (Wildman–Crippen LogP) is 2.58. The Labute approximate surface area is 135 Å². The van der Waals surface area contributed by atoms with Gasteiger partial charge in [-0.25, -0.2) is 4.99 Å². The van der Waals surface area contributed by atoms with Crippen LogP contribution in [0.15, 0.2) is 47.0 Å². The second-order valence-electron chi connectivity index (χ2n) is 6.05. The number of hydrogen-bond acceptors (Lipinski definition) is 4. The first-order valence-corrected chi connectivity index (χ1v) is 8.01. The van der Waals surface area contributed by atoms with Gasteiger partial charge in [0.25, 0.3) is 0 Å². The lowest BCUT2D eigenvalue weighted by Gasteiger charge is -2.06. The van der Waals surface area contributed by atoms with Crippen LogP contribution in [0.1, 0.15) is 29.5 Å². The number of nitrogens with zero attached hydrogens (tertiary/aromatic N) is 2. The number of aliphatic imine (C=N–C) groups is 1. The molecule has 0 amide bonds. The summed E-state index contributed by atoms with van der Waals surface area (Å²) in [5.41, 5.74) is 5.06. The molecule has 2 aliphatic heterocycles. The Bertz CT molecular complexity index is 761. The molecule has 2 N–H and O–H groups in total. The van der Waals surface area contributed by atoms with Gasteiger partial charge in [-0.1, -0.05) is 12.1 Å². The van der Waals surface area contributed by atoms with Crippen molar-refractivity contribution in [1.29, 1.82) is 0 Å². The molecular weight excluding hydrogens is 288 g/mol. The summed E-state index contributed by atoms with van der Waals surface area (Å²) in [6.07, 6.45) is 7.67. The van der Waals surface area contributed by atoms with Crippen molar-refractivity contribution >= 4 is 6.21 Å². The highest BCUT2D eigenvalue weighted by Crippen LogP contribution is 2.30. The van der Waals surface area contributed by atoms with E-state index in [0.717, 1.165) is 37.6 Å². The normalized spacial score (nSPS) is 20.0. The van der Waals surface area contributed by atoms with Crippen LogP contribution in [0.3, 0.4) is 0 Å². The summed E-state index contributed by atoms with van der Waals surface area (Å²) in [4.78, 5) is 4.63. The number of benzene rings is 1. The van der Waals surface area contributed by atoms with Crippen molar-refractivity contribution in [2.24, 2.45) is 4.99 Å². The number of aromatic amines is 1. The van der Waals surface area contributed by atoms with Gasteiger partial charge in [0, 0.05) is 37.7 Å². The molecule has 1 aromatic heterocycles. The average Bonchev–Trinajstić information content (AvgIpc) is 3.28.